The van der Waals surface area contributed by atoms with Crippen LogP contribution >= 0.6 is 11.5 Å². The van der Waals surface area contributed by atoms with Crippen molar-refractivity contribution in [2.24, 2.45) is 5.92 Å². The highest BCUT2D eigenvalue weighted by Crippen LogP contribution is 2.30. The van der Waals surface area contributed by atoms with Gasteiger partial charge in [-0.25, -0.2) is 17.7 Å². The highest BCUT2D eigenvalue weighted by molar-refractivity contribution is 7.03. The Hall–Kier alpha value is -2.72. The number of piperidine rings is 1. The van der Waals surface area contributed by atoms with Crippen LogP contribution in [0, 0.1) is 11.7 Å². The number of aromatic nitrogens is 2. The number of hydrogen-bond acceptors (Lipinski definition) is 4. The third-order valence-electron chi connectivity index (χ3n) is 6.49. The van der Waals surface area contributed by atoms with Gasteiger partial charge in [0, 0.05) is 30.2 Å². The lowest BCUT2D eigenvalue weighted by Crippen LogP contribution is -2.33. The topological polar surface area (TPSA) is 47.2 Å². The van der Waals surface area contributed by atoms with E-state index in [1.54, 1.807) is 0 Å². The van der Waals surface area contributed by atoms with Gasteiger partial charge in [0.25, 0.3) is 0 Å². The smallest absolute Gasteiger partial charge is 0.299 e. The minimum atomic E-state index is -4.66. The van der Waals surface area contributed by atoms with Crippen LogP contribution < -0.4 is 10.6 Å². The van der Waals surface area contributed by atoms with Crippen LogP contribution in [-0.2, 0) is 25.8 Å². The first-order chi connectivity index (χ1) is 16.7. The van der Waals surface area contributed by atoms with Gasteiger partial charge >= 0.3 is 16.7 Å². The summed E-state index contributed by atoms with van der Waals surface area (Å²) in [6.07, 6.45) is -0.786. The number of halogens is 4. The van der Waals surface area contributed by atoms with Crippen molar-refractivity contribution in [1.82, 2.24) is 13.4 Å². The molecule has 2 heterocycles. The van der Waals surface area contributed by atoms with Gasteiger partial charge in [-0.05, 0) is 62.4 Å². The van der Waals surface area contributed by atoms with Crippen molar-refractivity contribution in [2.45, 2.75) is 51.5 Å². The van der Waals surface area contributed by atoms with E-state index >= 15 is 0 Å². The molecule has 1 aliphatic heterocycles. The Morgan fingerprint density at radius 3 is 2.34 bits per heavy atom. The number of aryl methyl sites for hydroxylation is 1. The zero-order valence-electron chi connectivity index (χ0n) is 19.1. The van der Waals surface area contributed by atoms with Crippen molar-refractivity contribution in [3.05, 3.63) is 91.2 Å². The third kappa shape index (κ3) is 6.49. The fourth-order valence-corrected chi connectivity index (χ4v) is 5.32. The number of likely N-dealkylation sites (tertiary alicyclic amines) is 1. The molecule has 0 atom stereocenters. The van der Waals surface area contributed by atoms with Crippen molar-refractivity contribution in [3.63, 3.8) is 0 Å². The molecule has 10 heteroatoms. The minimum absolute atomic E-state index is 0.135. The summed E-state index contributed by atoms with van der Waals surface area (Å²) in [6.45, 7) is 3.00. The number of hydrogen-bond donors (Lipinski definition) is 0. The summed E-state index contributed by atoms with van der Waals surface area (Å²) in [5.41, 5.74) is -0.498. The molecule has 188 valence electrons. The Balaban J connectivity index is 1.28. The molecule has 1 fully saturated rings. The van der Waals surface area contributed by atoms with Crippen LogP contribution in [0.25, 0.3) is 0 Å². The monoisotopic (exact) mass is 509 g/mol. The molecular formula is C25H27F4N3O2S. The maximum absolute atomic E-state index is 14.2. The van der Waals surface area contributed by atoms with E-state index in [-0.39, 0.29) is 5.56 Å². The average molecular weight is 510 g/mol. The zero-order chi connectivity index (χ0) is 25.0. The Bertz CT molecular complexity index is 1240. The predicted octanol–water partition coefficient (Wildman–Crippen LogP) is 4.97. The molecule has 0 N–H and O–H groups in total. The Morgan fingerprint density at radius 1 is 0.971 bits per heavy atom. The molecule has 1 aromatic heterocycles. The van der Waals surface area contributed by atoms with Crippen LogP contribution in [0.2, 0.25) is 0 Å². The fourth-order valence-electron chi connectivity index (χ4n) is 4.49. The van der Waals surface area contributed by atoms with Gasteiger partial charge in [0.05, 0.1) is 12.1 Å². The van der Waals surface area contributed by atoms with E-state index in [4.69, 9.17) is 0 Å². The molecule has 1 saturated heterocycles. The first kappa shape index (κ1) is 25.4. The normalized spacial score (nSPS) is 15.5. The van der Waals surface area contributed by atoms with Gasteiger partial charge < -0.3 is 0 Å². The summed E-state index contributed by atoms with van der Waals surface area (Å²) in [5.74, 6) is -0.528. The second-order valence-electron chi connectivity index (χ2n) is 8.98. The molecule has 2 aromatic carbocycles. The quantitative estimate of drug-likeness (QED) is 0.403. The molecule has 3 aromatic rings. The van der Waals surface area contributed by atoms with E-state index in [0.29, 0.717) is 18.5 Å². The summed E-state index contributed by atoms with van der Waals surface area (Å²) in [5, 5.41) is 0. The lowest BCUT2D eigenvalue weighted by atomic mass is 9.92. The van der Waals surface area contributed by atoms with Crippen LogP contribution in [0.5, 0.6) is 0 Å². The summed E-state index contributed by atoms with van der Waals surface area (Å²) in [7, 11) is 0. The van der Waals surface area contributed by atoms with Gasteiger partial charge in [-0.2, -0.15) is 13.2 Å². The highest BCUT2D eigenvalue weighted by Gasteiger charge is 2.31. The largest absolute Gasteiger partial charge is 0.416 e. The lowest BCUT2D eigenvalue weighted by Gasteiger charge is -2.32. The number of nitrogens with zero attached hydrogens (tertiary/aromatic N) is 3. The Morgan fingerprint density at radius 2 is 1.69 bits per heavy atom. The summed E-state index contributed by atoms with van der Waals surface area (Å²) >= 11 is 0.763. The van der Waals surface area contributed by atoms with E-state index in [0.717, 1.165) is 73.5 Å². The molecular weight excluding hydrogens is 482 g/mol. The molecule has 0 saturated carbocycles. The second-order valence-corrected chi connectivity index (χ2v) is 9.95. The summed E-state index contributed by atoms with van der Waals surface area (Å²) in [6, 6.07) is 12.5. The lowest BCUT2D eigenvalue weighted by molar-refractivity contribution is -0.137. The number of benzene rings is 2. The highest BCUT2D eigenvalue weighted by atomic mass is 32.1. The van der Waals surface area contributed by atoms with Gasteiger partial charge in [-0.3, -0.25) is 9.69 Å². The molecule has 4 rings (SSSR count). The van der Waals surface area contributed by atoms with Crippen LogP contribution in [0.4, 0.5) is 17.6 Å². The fraction of sp³-hybridized carbons (Fsp3) is 0.440. The molecule has 5 nitrogen and oxygen atoms in total. The van der Waals surface area contributed by atoms with Gasteiger partial charge in [0.1, 0.15) is 5.82 Å². The van der Waals surface area contributed by atoms with Crippen LogP contribution in [0.1, 0.15) is 42.4 Å². The molecule has 0 radical (unpaired) electrons. The molecule has 0 aliphatic carbocycles. The minimum Gasteiger partial charge on any atom is -0.299 e. The third-order valence-corrected chi connectivity index (χ3v) is 7.43. The van der Waals surface area contributed by atoms with Crippen molar-refractivity contribution in [3.8, 4) is 0 Å². The first-order valence-electron chi connectivity index (χ1n) is 11.6. The van der Waals surface area contributed by atoms with E-state index < -0.39 is 34.7 Å². The summed E-state index contributed by atoms with van der Waals surface area (Å²) in [4.78, 5) is 26.9. The summed E-state index contributed by atoms with van der Waals surface area (Å²) < 4.78 is 54.6. The van der Waals surface area contributed by atoms with Gasteiger partial charge in [0.15, 0.2) is 0 Å². The van der Waals surface area contributed by atoms with Crippen LogP contribution in [-0.4, -0.2) is 26.5 Å². The van der Waals surface area contributed by atoms with Crippen molar-refractivity contribution in [2.75, 3.05) is 13.1 Å². The maximum Gasteiger partial charge on any atom is 0.416 e. The molecule has 0 unspecified atom stereocenters. The van der Waals surface area contributed by atoms with Crippen molar-refractivity contribution in [1.29, 1.82) is 0 Å². The maximum atomic E-state index is 14.2. The van der Waals surface area contributed by atoms with Crippen LogP contribution in [0.3, 0.4) is 0 Å². The molecule has 0 amide bonds. The first-order valence-corrected chi connectivity index (χ1v) is 12.4. The van der Waals surface area contributed by atoms with E-state index in [2.05, 4.69) is 17.0 Å². The van der Waals surface area contributed by atoms with Gasteiger partial charge in [-0.1, -0.05) is 36.4 Å². The Labute approximate surface area is 204 Å². The number of rotatable bonds is 8. The van der Waals surface area contributed by atoms with Gasteiger partial charge in [0.2, 0.25) is 0 Å². The molecule has 35 heavy (non-hydrogen) atoms. The van der Waals surface area contributed by atoms with Gasteiger partial charge in [-0.15, -0.1) is 0 Å². The van der Waals surface area contributed by atoms with Crippen LogP contribution in [0.15, 0.2) is 58.1 Å². The van der Waals surface area contributed by atoms with Crippen molar-refractivity contribution >= 4 is 11.5 Å². The average Bonchev–Trinajstić information content (AvgIpc) is 3.09. The SMILES string of the molecule is O=c1sn(CCCC2CCN(Cc3ccccc3)CC2)c(=O)n1Cc1ccc(C(F)(F)F)cc1F. The molecule has 0 spiro atoms. The Kier molecular flexibility index (Phi) is 7.91. The van der Waals surface area contributed by atoms with E-state index in [1.807, 2.05) is 18.2 Å². The molecule has 0 bridgehead atoms. The predicted molar refractivity (Wildman–Crippen MR) is 127 cm³/mol. The second kappa shape index (κ2) is 10.9. The zero-order valence-corrected chi connectivity index (χ0v) is 20.0. The number of alkyl halides is 3. The standard InChI is InChI=1S/C25H27F4N3O2S/c26-22-15-21(25(27,28)29)9-8-20(22)17-31-23(33)32(35-24(31)34)12-4-7-18-10-13-30(14-11-18)16-19-5-2-1-3-6-19/h1-3,5-6,8-9,15,18H,4,7,10-14,16-17H2. The van der Waals surface area contributed by atoms with E-state index in [9.17, 15) is 27.2 Å². The molecule has 1 aliphatic rings. The van der Waals surface area contributed by atoms with E-state index in [1.165, 1.54) is 9.52 Å². The van der Waals surface area contributed by atoms with Crippen molar-refractivity contribution < 1.29 is 17.6 Å².